The zero-order chi connectivity index (χ0) is 19.3. The largest absolute Gasteiger partial charge is 0.380 e. The van der Waals surface area contributed by atoms with E-state index in [1.54, 1.807) is 12.1 Å². The number of piperidine rings is 2. The van der Waals surface area contributed by atoms with E-state index in [2.05, 4.69) is 33.3 Å². The second-order valence-corrected chi connectivity index (χ2v) is 8.00. The molecule has 2 aliphatic rings. The molecule has 2 fully saturated rings. The van der Waals surface area contributed by atoms with Crippen molar-refractivity contribution in [3.8, 4) is 0 Å². The summed E-state index contributed by atoms with van der Waals surface area (Å²) in [6.07, 6.45) is 6.08. The highest BCUT2D eigenvalue weighted by molar-refractivity contribution is 5.63. The lowest BCUT2D eigenvalue weighted by Crippen LogP contribution is -2.42. The van der Waals surface area contributed by atoms with Crippen LogP contribution in [0.3, 0.4) is 0 Å². The van der Waals surface area contributed by atoms with Gasteiger partial charge < -0.3 is 20.9 Å². The zero-order valence-corrected chi connectivity index (χ0v) is 16.5. The molecule has 28 heavy (non-hydrogen) atoms. The lowest BCUT2D eigenvalue weighted by atomic mass is 10.0. The van der Waals surface area contributed by atoms with Crippen LogP contribution in [0.5, 0.6) is 0 Å². The van der Waals surface area contributed by atoms with E-state index < -0.39 is 0 Å². The first kappa shape index (κ1) is 19.1. The summed E-state index contributed by atoms with van der Waals surface area (Å²) in [5, 5.41) is 3.75. The molecule has 0 spiro atoms. The lowest BCUT2D eigenvalue weighted by Gasteiger charge is -2.36. The summed E-state index contributed by atoms with van der Waals surface area (Å²) in [5.41, 5.74) is 10.6. The van der Waals surface area contributed by atoms with Gasteiger partial charge in [0, 0.05) is 55.8 Å². The summed E-state index contributed by atoms with van der Waals surface area (Å²) < 4.78 is 13.6. The molecule has 4 nitrogen and oxygen atoms in total. The number of nitrogens with two attached hydrogens (primary N) is 1. The Bertz CT molecular complexity index is 788. The van der Waals surface area contributed by atoms with Crippen LogP contribution in [0.25, 0.3) is 0 Å². The summed E-state index contributed by atoms with van der Waals surface area (Å²) in [6, 6.07) is 13.9. The fourth-order valence-corrected chi connectivity index (χ4v) is 4.45. The Labute approximate surface area is 167 Å². The third kappa shape index (κ3) is 4.41. The van der Waals surface area contributed by atoms with Crippen LogP contribution < -0.4 is 20.9 Å². The van der Waals surface area contributed by atoms with Gasteiger partial charge in [-0.05, 0) is 68.0 Å². The molecule has 0 bridgehead atoms. The summed E-state index contributed by atoms with van der Waals surface area (Å²) in [5.74, 6) is -0.174. The molecular formula is C23H31FN4. The molecule has 2 saturated heterocycles. The van der Waals surface area contributed by atoms with Gasteiger partial charge in [-0.2, -0.15) is 0 Å². The van der Waals surface area contributed by atoms with Gasteiger partial charge in [0.1, 0.15) is 5.82 Å². The van der Waals surface area contributed by atoms with Gasteiger partial charge in [-0.25, -0.2) is 4.39 Å². The number of halogens is 1. The maximum atomic E-state index is 13.6. The van der Waals surface area contributed by atoms with Crippen molar-refractivity contribution in [1.29, 1.82) is 0 Å². The zero-order valence-electron chi connectivity index (χ0n) is 16.5. The van der Waals surface area contributed by atoms with E-state index in [0.29, 0.717) is 12.6 Å². The van der Waals surface area contributed by atoms with Gasteiger partial charge in [-0.15, -0.1) is 0 Å². The molecule has 0 saturated carbocycles. The number of rotatable bonds is 5. The van der Waals surface area contributed by atoms with E-state index >= 15 is 0 Å². The van der Waals surface area contributed by atoms with Crippen LogP contribution in [0.15, 0.2) is 42.5 Å². The Morgan fingerprint density at radius 1 is 0.929 bits per heavy atom. The van der Waals surface area contributed by atoms with Crippen LogP contribution >= 0.6 is 0 Å². The van der Waals surface area contributed by atoms with Crippen LogP contribution in [0.1, 0.15) is 37.7 Å². The molecule has 1 atom stereocenters. The van der Waals surface area contributed by atoms with Crippen molar-refractivity contribution < 1.29 is 4.39 Å². The van der Waals surface area contributed by atoms with Crippen molar-refractivity contribution in [3.63, 3.8) is 0 Å². The quantitative estimate of drug-likeness (QED) is 0.807. The molecule has 150 valence electrons. The van der Waals surface area contributed by atoms with Gasteiger partial charge in [0.2, 0.25) is 0 Å². The number of hydrogen-bond donors (Lipinski definition) is 2. The van der Waals surface area contributed by atoms with Gasteiger partial charge in [0.25, 0.3) is 0 Å². The second kappa shape index (κ2) is 8.82. The molecular weight excluding hydrogens is 351 g/mol. The molecule has 2 aromatic carbocycles. The highest BCUT2D eigenvalue weighted by atomic mass is 19.1. The van der Waals surface area contributed by atoms with Crippen LogP contribution in [0, 0.1) is 5.82 Å². The van der Waals surface area contributed by atoms with Gasteiger partial charge in [0.05, 0.1) is 0 Å². The lowest BCUT2D eigenvalue weighted by molar-refractivity contribution is 0.528. The van der Waals surface area contributed by atoms with Gasteiger partial charge in [-0.3, -0.25) is 0 Å². The minimum absolute atomic E-state index is 0.174. The fraction of sp³-hybridized carbons (Fsp3) is 0.478. The molecule has 0 amide bonds. The van der Waals surface area contributed by atoms with E-state index in [1.807, 2.05) is 6.07 Å². The van der Waals surface area contributed by atoms with Crippen LogP contribution in [0.4, 0.5) is 21.5 Å². The fourth-order valence-electron chi connectivity index (χ4n) is 4.45. The Kier molecular flexibility index (Phi) is 6.01. The first-order chi connectivity index (χ1) is 13.7. The third-order valence-corrected chi connectivity index (χ3v) is 5.99. The number of nitrogens with one attached hydrogen (secondary N) is 1. The van der Waals surface area contributed by atoms with Gasteiger partial charge in [0.15, 0.2) is 0 Å². The Balaban J connectivity index is 1.49. The average Bonchev–Trinajstić information content (AvgIpc) is 2.74. The van der Waals surface area contributed by atoms with Gasteiger partial charge >= 0.3 is 0 Å². The summed E-state index contributed by atoms with van der Waals surface area (Å²) in [4.78, 5) is 4.76. The van der Waals surface area contributed by atoms with E-state index in [0.717, 1.165) is 56.0 Å². The second-order valence-electron chi connectivity index (χ2n) is 8.00. The molecule has 2 heterocycles. The highest BCUT2D eigenvalue weighted by Gasteiger charge is 2.21. The first-order valence-corrected chi connectivity index (χ1v) is 10.6. The molecule has 3 N–H and O–H groups in total. The standard InChI is InChI=1S/C23H31FN4/c24-19-6-4-8-21(14-19)28-13-5-7-20(17-28)26-23-15-22(10-9-18(23)16-25)27-11-2-1-3-12-27/h4,6,8-10,14-15,20,26H,1-3,5,7,11-13,16-17,25H2/t20-/m1/s1. The monoisotopic (exact) mass is 382 g/mol. The molecule has 4 rings (SSSR count). The molecule has 0 radical (unpaired) electrons. The topological polar surface area (TPSA) is 44.5 Å². The van der Waals surface area contributed by atoms with E-state index in [4.69, 9.17) is 5.73 Å². The van der Waals surface area contributed by atoms with Crippen molar-refractivity contribution in [2.75, 3.05) is 41.3 Å². The normalized spacial score (nSPS) is 20.3. The number of hydrogen-bond acceptors (Lipinski definition) is 4. The minimum Gasteiger partial charge on any atom is -0.380 e. The van der Waals surface area contributed by atoms with Crippen LogP contribution in [0.2, 0.25) is 0 Å². The van der Waals surface area contributed by atoms with Crippen LogP contribution in [-0.4, -0.2) is 32.2 Å². The smallest absolute Gasteiger partial charge is 0.125 e. The average molecular weight is 383 g/mol. The number of nitrogens with zero attached hydrogens (tertiary/aromatic N) is 2. The maximum absolute atomic E-state index is 13.6. The first-order valence-electron chi connectivity index (χ1n) is 10.6. The Morgan fingerprint density at radius 2 is 1.71 bits per heavy atom. The highest BCUT2D eigenvalue weighted by Crippen LogP contribution is 2.28. The molecule has 0 unspecified atom stereocenters. The van der Waals surface area contributed by atoms with Crippen molar-refractivity contribution in [3.05, 3.63) is 53.8 Å². The summed E-state index contributed by atoms with van der Waals surface area (Å²) in [6.45, 7) is 4.65. The SMILES string of the molecule is NCc1ccc(N2CCCCC2)cc1N[C@@H]1CCCN(c2cccc(F)c2)C1. The molecule has 0 aromatic heterocycles. The van der Waals surface area contributed by atoms with Crippen molar-refractivity contribution in [2.45, 2.75) is 44.7 Å². The van der Waals surface area contributed by atoms with Crippen molar-refractivity contribution in [1.82, 2.24) is 0 Å². The Hall–Kier alpha value is -2.27. The van der Waals surface area contributed by atoms with Gasteiger partial charge in [-0.1, -0.05) is 12.1 Å². The molecule has 2 aromatic rings. The summed E-state index contributed by atoms with van der Waals surface area (Å²) >= 11 is 0. The predicted octanol–water partition coefficient (Wildman–Crippen LogP) is 4.36. The minimum atomic E-state index is -0.174. The van der Waals surface area contributed by atoms with E-state index in [-0.39, 0.29) is 5.82 Å². The number of anilines is 3. The molecule has 5 heteroatoms. The maximum Gasteiger partial charge on any atom is 0.125 e. The van der Waals surface area contributed by atoms with Crippen LogP contribution in [-0.2, 0) is 6.54 Å². The molecule has 0 aliphatic carbocycles. The Morgan fingerprint density at radius 3 is 2.50 bits per heavy atom. The molecule has 2 aliphatic heterocycles. The summed E-state index contributed by atoms with van der Waals surface area (Å²) in [7, 11) is 0. The third-order valence-electron chi connectivity index (χ3n) is 5.99. The predicted molar refractivity (Wildman–Crippen MR) is 116 cm³/mol. The van der Waals surface area contributed by atoms with Crippen molar-refractivity contribution in [2.24, 2.45) is 5.73 Å². The van der Waals surface area contributed by atoms with E-state index in [9.17, 15) is 4.39 Å². The number of benzene rings is 2. The van der Waals surface area contributed by atoms with Crippen molar-refractivity contribution >= 4 is 17.1 Å². The van der Waals surface area contributed by atoms with E-state index in [1.165, 1.54) is 31.0 Å².